The van der Waals surface area contributed by atoms with Crippen LogP contribution in [0.1, 0.15) is 22.6 Å². The Morgan fingerprint density at radius 2 is 1.40 bits per heavy atom. The minimum Gasteiger partial charge on any atom is -0.456 e. The summed E-state index contributed by atoms with van der Waals surface area (Å²) in [7, 11) is 0. The van der Waals surface area contributed by atoms with Crippen molar-refractivity contribution < 1.29 is 8.83 Å². The van der Waals surface area contributed by atoms with Gasteiger partial charge in [-0.3, -0.25) is 0 Å². The first-order valence-electron chi connectivity index (χ1n) is 16.4. The summed E-state index contributed by atoms with van der Waals surface area (Å²) < 4.78 is 18.8. The number of para-hydroxylation sites is 3. The monoisotopic (exact) mass is 615 g/mol. The zero-order valence-corrected chi connectivity index (χ0v) is 25.8. The van der Waals surface area contributed by atoms with Crippen LogP contribution in [-0.4, -0.2) is 11.3 Å². The minimum absolute atomic E-state index is 0.0306. The third-order valence-corrected chi connectivity index (χ3v) is 12.6. The number of aromatic nitrogens is 1. The van der Waals surface area contributed by atoms with Crippen molar-refractivity contribution in [1.29, 1.82) is 0 Å². The Hall–Kier alpha value is -5.52. The standard InChI is InChI=1S/C42H22BNO2S/c1-4-16-31-21(9-1)29-19-27-28-20-33-36(22-10-2-5-17-32(22)45-33)37-24-12-7-14-26-39(24)44(40-23-11-3-6-18-34(23)47-42(26)40)43(38(28)37)30-15-8-13-25(35(27)30)41(29)46-31/h1-18,20,27H,19H2. The van der Waals surface area contributed by atoms with Crippen molar-refractivity contribution in [2.45, 2.75) is 12.3 Å². The lowest BCUT2D eigenvalue weighted by atomic mass is 9.40. The Kier molecular flexibility index (Phi) is 3.99. The van der Waals surface area contributed by atoms with E-state index in [2.05, 4.69) is 120 Å². The van der Waals surface area contributed by atoms with Crippen molar-refractivity contribution in [3.63, 3.8) is 0 Å². The van der Waals surface area contributed by atoms with E-state index in [-0.39, 0.29) is 12.8 Å². The fourth-order valence-electron chi connectivity index (χ4n) is 9.72. The summed E-state index contributed by atoms with van der Waals surface area (Å²) in [5.74, 6) is 1.23. The number of hydrogen-bond acceptors (Lipinski definition) is 3. The van der Waals surface area contributed by atoms with Gasteiger partial charge in [-0.1, -0.05) is 91.0 Å². The van der Waals surface area contributed by atoms with E-state index >= 15 is 0 Å². The van der Waals surface area contributed by atoms with Gasteiger partial charge in [0.15, 0.2) is 0 Å². The first-order valence-corrected chi connectivity index (χ1v) is 17.2. The van der Waals surface area contributed by atoms with Crippen LogP contribution < -0.4 is 10.9 Å². The summed E-state index contributed by atoms with van der Waals surface area (Å²) in [5, 5.41) is 6.32. The molecule has 0 radical (unpaired) electrons. The van der Waals surface area contributed by atoms with Gasteiger partial charge in [-0.2, -0.15) is 0 Å². The largest absolute Gasteiger partial charge is 0.456 e. The molecular formula is C42H22BNO2S. The average Bonchev–Trinajstić information content (AvgIpc) is 3.87. The highest BCUT2D eigenvalue weighted by atomic mass is 32.1. The zero-order valence-electron chi connectivity index (χ0n) is 25.0. The van der Waals surface area contributed by atoms with E-state index in [4.69, 9.17) is 8.83 Å². The van der Waals surface area contributed by atoms with Crippen LogP contribution in [0.2, 0.25) is 0 Å². The third-order valence-electron chi connectivity index (χ3n) is 11.4. The predicted octanol–water partition coefficient (Wildman–Crippen LogP) is 9.96. The van der Waals surface area contributed by atoms with Crippen molar-refractivity contribution in [3.8, 4) is 22.5 Å². The number of rotatable bonds is 0. The molecule has 0 spiro atoms. The second-order valence-corrected chi connectivity index (χ2v) is 14.5. The van der Waals surface area contributed by atoms with Crippen LogP contribution >= 0.6 is 11.3 Å². The van der Waals surface area contributed by atoms with Crippen molar-refractivity contribution in [3.05, 3.63) is 132 Å². The topological polar surface area (TPSA) is 31.2 Å². The van der Waals surface area contributed by atoms with Crippen molar-refractivity contribution in [2.75, 3.05) is 0 Å². The Bertz CT molecular complexity index is 3080. The van der Waals surface area contributed by atoms with Crippen molar-refractivity contribution in [1.82, 2.24) is 4.48 Å². The van der Waals surface area contributed by atoms with E-state index in [1.165, 1.54) is 91.7 Å². The van der Waals surface area contributed by atoms with Crippen LogP contribution in [0, 0.1) is 0 Å². The molecular weight excluding hydrogens is 593 g/mol. The molecule has 216 valence electrons. The number of fused-ring (bicyclic) bond motifs is 17. The smallest absolute Gasteiger partial charge is 0.329 e. The second-order valence-electron chi connectivity index (χ2n) is 13.4. The maximum Gasteiger partial charge on any atom is 0.329 e. The molecule has 0 N–H and O–H groups in total. The molecule has 0 saturated heterocycles. The summed E-state index contributed by atoms with van der Waals surface area (Å²) in [5.41, 5.74) is 16.4. The van der Waals surface area contributed by atoms with Gasteiger partial charge in [0.05, 0.1) is 10.2 Å². The number of furan rings is 2. The molecule has 1 unspecified atom stereocenters. The van der Waals surface area contributed by atoms with E-state index in [1.807, 2.05) is 11.3 Å². The van der Waals surface area contributed by atoms with Crippen LogP contribution in [-0.2, 0) is 6.42 Å². The molecule has 2 aliphatic heterocycles. The lowest BCUT2D eigenvalue weighted by Gasteiger charge is -2.40. The summed E-state index contributed by atoms with van der Waals surface area (Å²) in [4.78, 5) is 0. The fourth-order valence-corrected chi connectivity index (χ4v) is 10.9. The molecule has 10 aromatic rings. The molecule has 3 nitrogen and oxygen atoms in total. The van der Waals surface area contributed by atoms with Gasteiger partial charge in [-0.25, -0.2) is 0 Å². The minimum atomic E-state index is 0.0306. The van der Waals surface area contributed by atoms with E-state index < -0.39 is 0 Å². The van der Waals surface area contributed by atoms with E-state index in [1.54, 1.807) is 0 Å². The highest BCUT2D eigenvalue weighted by Gasteiger charge is 2.47. The van der Waals surface area contributed by atoms with Gasteiger partial charge in [0, 0.05) is 59.8 Å². The molecule has 1 aliphatic carbocycles. The summed E-state index contributed by atoms with van der Waals surface area (Å²) in [6.07, 6.45) is 0.904. The van der Waals surface area contributed by atoms with Crippen LogP contribution in [0.4, 0.5) is 0 Å². The van der Waals surface area contributed by atoms with Gasteiger partial charge in [0.25, 0.3) is 0 Å². The number of nitrogens with zero attached hydrogens (tertiary/aromatic N) is 1. The Morgan fingerprint density at radius 3 is 2.32 bits per heavy atom. The Morgan fingerprint density at radius 1 is 0.660 bits per heavy atom. The molecule has 0 fully saturated rings. The average molecular weight is 616 g/mol. The SMILES string of the molecule is c1cc2c3c(c1)-c1oc4ccccc4c1CC3c1cc3oc4ccccc4c3c3c1B2n1c2c-3cccc2c2sc3ccccc3c21. The maximum atomic E-state index is 6.74. The van der Waals surface area contributed by atoms with Gasteiger partial charge >= 0.3 is 6.85 Å². The normalized spacial score (nSPS) is 15.7. The van der Waals surface area contributed by atoms with Crippen LogP contribution in [0.25, 0.3) is 86.6 Å². The van der Waals surface area contributed by atoms with Crippen LogP contribution in [0.3, 0.4) is 0 Å². The molecule has 0 bridgehead atoms. The molecule has 13 rings (SSSR count). The van der Waals surface area contributed by atoms with E-state index in [0.29, 0.717) is 0 Å². The number of benzene rings is 6. The van der Waals surface area contributed by atoms with Gasteiger partial charge < -0.3 is 13.3 Å². The third kappa shape index (κ3) is 2.61. The molecule has 5 heteroatoms. The molecule has 4 aromatic heterocycles. The van der Waals surface area contributed by atoms with E-state index in [9.17, 15) is 0 Å². The Balaban J connectivity index is 1.28. The highest BCUT2D eigenvalue weighted by molar-refractivity contribution is 7.27. The van der Waals surface area contributed by atoms with Crippen LogP contribution in [0.5, 0.6) is 0 Å². The maximum absolute atomic E-state index is 6.74. The van der Waals surface area contributed by atoms with Gasteiger partial charge in [0.2, 0.25) is 0 Å². The first kappa shape index (κ1) is 23.8. The molecule has 47 heavy (non-hydrogen) atoms. The van der Waals surface area contributed by atoms with E-state index in [0.717, 1.165) is 28.9 Å². The highest BCUT2D eigenvalue weighted by Crippen LogP contribution is 2.53. The number of hydrogen-bond donors (Lipinski definition) is 0. The lowest BCUT2D eigenvalue weighted by molar-refractivity contribution is 0.615. The fraction of sp³-hybridized carbons (Fsp3) is 0.0476. The summed E-state index contributed by atoms with van der Waals surface area (Å²) >= 11 is 1.92. The molecule has 0 amide bonds. The van der Waals surface area contributed by atoms with Crippen LogP contribution in [0.15, 0.2) is 124 Å². The molecule has 3 aliphatic rings. The lowest BCUT2D eigenvalue weighted by Crippen LogP contribution is -2.57. The molecule has 6 heterocycles. The molecule has 1 atom stereocenters. The summed E-state index contributed by atoms with van der Waals surface area (Å²) in [6.45, 7) is 0.0306. The first-order chi connectivity index (χ1) is 23.3. The van der Waals surface area contributed by atoms with Gasteiger partial charge in [-0.15, -0.1) is 11.3 Å². The van der Waals surface area contributed by atoms with Crippen molar-refractivity contribution >= 4 is 93.2 Å². The quantitative estimate of drug-likeness (QED) is 0.159. The zero-order chi connectivity index (χ0) is 30.1. The van der Waals surface area contributed by atoms with Crippen molar-refractivity contribution in [2.24, 2.45) is 0 Å². The summed E-state index contributed by atoms with van der Waals surface area (Å²) in [6, 6.07) is 42.3. The number of thiophene rings is 1. The van der Waals surface area contributed by atoms with Gasteiger partial charge in [-0.05, 0) is 58.3 Å². The second kappa shape index (κ2) is 7.88. The predicted molar refractivity (Wildman–Crippen MR) is 195 cm³/mol. The van der Waals surface area contributed by atoms with Gasteiger partial charge in [0.1, 0.15) is 22.5 Å². The Labute approximate surface area is 272 Å². The molecule has 6 aromatic carbocycles. The molecule has 0 saturated carbocycles.